The van der Waals surface area contributed by atoms with E-state index in [4.69, 9.17) is 11.6 Å². The Labute approximate surface area is 128 Å². The highest BCUT2D eigenvalue weighted by molar-refractivity contribution is 7.20. The van der Waals surface area contributed by atoms with Gasteiger partial charge in [-0.3, -0.25) is 4.79 Å². The van der Waals surface area contributed by atoms with Crippen molar-refractivity contribution in [3.05, 3.63) is 35.2 Å². The van der Waals surface area contributed by atoms with Crippen LogP contribution in [-0.2, 0) is 0 Å². The molecule has 1 aliphatic rings. The van der Waals surface area contributed by atoms with Crippen molar-refractivity contribution >= 4 is 38.9 Å². The van der Waals surface area contributed by atoms with Crippen LogP contribution >= 0.6 is 22.9 Å². The van der Waals surface area contributed by atoms with Crippen LogP contribution in [0.1, 0.15) is 35.4 Å². The van der Waals surface area contributed by atoms with Gasteiger partial charge < -0.3 is 4.90 Å². The molecular formula is C16H18ClNOS. The molecule has 1 amide bonds. The van der Waals surface area contributed by atoms with E-state index in [-0.39, 0.29) is 5.91 Å². The molecule has 0 radical (unpaired) electrons. The maximum atomic E-state index is 12.7. The molecule has 2 nitrogen and oxygen atoms in total. The Hall–Kier alpha value is -1.06. The van der Waals surface area contributed by atoms with Gasteiger partial charge >= 0.3 is 0 Å². The summed E-state index contributed by atoms with van der Waals surface area (Å²) in [6.07, 6.45) is 4.30. The summed E-state index contributed by atoms with van der Waals surface area (Å²) in [6.45, 7) is 0.870. The molecule has 1 unspecified atom stereocenters. The molecule has 1 atom stereocenters. The molecule has 1 fully saturated rings. The lowest BCUT2D eigenvalue weighted by Crippen LogP contribution is -2.43. The molecule has 2 heterocycles. The predicted octanol–water partition coefficient (Wildman–Crippen LogP) is 4.52. The average molecular weight is 308 g/mol. The van der Waals surface area contributed by atoms with Crippen LogP contribution < -0.4 is 0 Å². The first-order chi connectivity index (χ1) is 9.79. The summed E-state index contributed by atoms with van der Waals surface area (Å²) in [7, 11) is 0. The van der Waals surface area contributed by atoms with Gasteiger partial charge in [0.15, 0.2) is 0 Å². The number of likely N-dealkylation sites (tertiary alicyclic amines) is 1. The monoisotopic (exact) mass is 307 g/mol. The fraction of sp³-hybridized carbons (Fsp3) is 0.438. The predicted molar refractivity (Wildman–Crippen MR) is 85.8 cm³/mol. The maximum Gasteiger partial charge on any atom is 0.264 e. The van der Waals surface area contributed by atoms with Gasteiger partial charge in [0.2, 0.25) is 0 Å². The first kappa shape index (κ1) is 13.9. The number of alkyl halides is 1. The molecule has 0 spiro atoms. The van der Waals surface area contributed by atoms with Gasteiger partial charge in [0.25, 0.3) is 5.91 Å². The van der Waals surface area contributed by atoms with Crippen molar-refractivity contribution in [3.63, 3.8) is 0 Å². The Morgan fingerprint density at radius 1 is 1.35 bits per heavy atom. The van der Waals surface area contributed by atoms with Crippen LogP contribution in [0.25, 0.3) is 10.1 Å². The van der Waals surface area contributed by atoms with E-state index in [9.17, 15) is 4.79 Å². The fourth-order valence-corrected chi connectivity index (χ4v) is 4.19. The third kappa shape index (κ3) is 2.70. The van der Waals surface area contributed by atoms with Crippen molar-refractivity contribution in [1.29, 1.82) is 0 Å². The van der Waals surface area contributed by atoms with E-state index >= 15 is 0 Å². The molecule has 20 heavy (non-hydrogen) atoms. The second-order valence-corrected chi connectivity index (χ2v) is 6.74. The maximum absolute atomic E-state index is 12.7. The van der Waals surface area contributed by atoms with Crippen molar-refractivity contribution in [1.82, 2.24) is 4.90 Å². The van der Waals surface area contributed by atoms with Gasteiger partial charge in [-0.05, 0) is 43.2 Å². The fourth-order valence-electron chi connectivity index (χ4n) is 2.92. The van der Waals surface area contributed by atoms with Gasteiger partial charge in [-0.2, -0.15) is 0 Å². The van der Waals surface area contributed by atoms with E-state index in [2.05, 4.69) is 12.1 Å². The Morgan fingerprint density at radius 3 is 3.00 bits per heavy atom. The zero-order chi connectivity index (χ0) is 13.9. The number of carbonyl (C=O) groups excluding carboxylic acids is 1. The summed E-state index contributed by atoms with van der Waals surface area (Å²) >= 11 is 7.47. The normalized spacial score (nSPS) is 19.4. The van der Waals surface area contributed by atoms with Crippen molar-refractivity contribution in [3.8, 4) is 0 Å². The molecule has 0 saturated carbocycles. The molecule has 0 aliphatic carbocycles. The van der Waals surface area contributed by atoms with Crippen LogP contribution in [0.5, 0.6) is 0 Å². The SMILES string of the molecule is O=C(c1cc2ccccc2s1)N1CCCCC1CCCl. The molecular weight excluding hydrogens is 290 g/mol. The third-order valence-electron chi connectivity index (χ3n) is 3.97. The van der Waals surface area contributed by atoms with Crippen molar-refractivity contribution in [2.24, 2.45) is 0 Å². The van der Waals surface area contributed by atoms with Gasteiger partial charge in [0.1, 0.15) is 0 Å². The molecule has 1 saturated heterocycles. The summed E-state index contributed by atoms with van der Waals surface area (Å²) in [6, 6.07) is 10.5. The van der Waals surface area contributed by atoms with Gasteiger partial charge in [0, 0.05) is 23.2 Å². The second-order valence-electron chi connectivity index (χ2n) is 5.27. The average Bonchev–Trinajstić information content (AvgIpc) is 2.91. The Bertz CT molecular complexity index is 574. The number of amides is 1. The van der Waals surface area contributed by atoms with E-state index in [1.165, 1.54) is 11.1 Å². The zero-order valence-electron chi connectivity index (χ0n) is 11.3. The summed E-state index contributed by atoms with van der Waals surface area (Å²) in [4.78, 5) is 15.6. The minimum atomic E-state index is 0.181. The first-order valence-electron chi connectivity index (χ1n) is 7.15. The van der Waals surface area contributed by atoms with E-state index in [0.29, 0.717) is 11.9 Å². The Balaban J connectivity index is 1.86. The lowest BCUT2D eigenvalue weighted by atomic mass is 10.00. The molecule has 2 aromatic rings. The molecule has 4 heteroatoms. The number of hydrogen-bond acceptors (Lipinski definition) is 2. The molecule has 0 N–H and O–H groups in total. The van der Waals surface area contributed by atoms with Gasteiger partial charge in [0.05, 0.1) is 4.88 Å². The van der Waals surface area contributed by atoms with E-state index in [1.807, 2.05) is 23.1 Å². The molecule has 1 aromatic carbocycles. The van der Waals surface area contributed by atoms with Crippen molar-refractivity contribution < 1.29 is 4.79 Å². The van der Waals surface area contributed by atoms with Gasteiger partial charge in [-0.25, -0.2) is 0 Å². The molecule has 0 bridgehead atoms. The molecule has 1 aromatic heterocycles. The number of carbonyl (C=O) groups is 1. The quantitative estimate of drug-likeness (QED) is 0.763. The smallest absolute Gasteiger partial charge is 0.264 e. The topological polar surface area (TPSA) is 20.3 Å². The highest BCUT2D eigenvalue weighted by Gasteiger charge is 2.27. The van der Waals surface area contributed by atoms with Crippen molar-refractivity contribution in [2.75, 3.05) is 12.4 Å². The number of thiophene rings is 1. The summed E-state index contributed by atoms with van der Waals surface area (Å²) < 4.78 is 1.18. The van der Waals surface area contributed by atoms with E-state index in [1.54, 1.807) is 11.3 Å². The van der Waals surface area contributed by atoms with E-state index in [0.717, 1.165) is 36.1 Å². The molecule has 1 aliphatic heterocycles. The number of fused-ring (bicyclic) bond motifs is 1. The Morgan fingerprint density at radius 2 is 2.20 bits per heavy atom. The largest absolute Gasteiger partial charge is 0.335 e. The lowest BCUT2D eigenvalue weighted by Gasteiger charge is -2.35. The number of nitrogens with zero attached hydrogens (tertiary/aromatic N) is 1. The first-order valence-corrected chi connectivity index (χ1v) is 8.50. The number of benzene rings is 1. The van der Waals surface area contributed by atoms with E-state index < -0.39 is 0 Å². The molecule has 106 valence electrons. The second kappa shape index (κ2) is 6.15. The standard InChI is InChI=1S/C16H18ClNOS/c17-9-8-13-6-3-4-10-18(13)16(19)15-11-12-5-1-2-7-14(12)20-15/h1-2,5,7,11,13H,3-4,6,8-10H2. The summed E-state index contributed by atoms with van der Waals surface area (Å²) in [5, 5.41) is 1.16. The van der Waals surface area contributed by atoms with Crippen LogP contribution in [0.2, 0.25) is 0 Å². The minimum absolute atomic E-state index is 0.181. The highest BCUT2D eigenvalue weighted by atomic mass is 35.5. The van der Waals surface area contributed by atoms with Crippen LogP contribution in [0.3, 0.4) is 0 Å². The van der Waals surface area contributed by atoms with Crippen LogP contribution in [-0.4, -0.2) is 29.3 Å². The van der Waals surface area contributed by atoms with Gasteiger partial charge in [-0.1, -0.05) is 18.2 Å². The lowest BCUT2D eigenvalue weighted by molar-refractivity contribution is 0.0614. The minimum Gasteiger partial charge on any atom is -0.335 e. The number of halogens is 1. The van der Waals surface area contributed by atoms with Crippen LogP contribution in [0.4, 0.5) is 0 Å². The number of hydrogen-bond donors (Lipinski definition) is 0. The summed E-state index contributed by atoms with van der Waals surface area (Å²) in [5.41, 5.74) is 0. The molecule has 3 rings (SSSR count). The van der Waals surface area contributed by atoms with Gasteiger partial charge in [-0.15, -0.1) is 22.9 Å². The highest BCUT2D eigenvalue weighted by Crippen LogP contribution is 2.29. The number of rotatable bonds is 3. The Kier molecular flexibility index (Phi) is 4.27. The number of piperidine rings is 1. The van der Waals surface area contributed by atoms with Crippen LogP contribution in [0, 0.1) is 0 Å². The van der Waals surface area contributed by atoms with Crippen LogP contribution in [0.15, 0.2) is 30.3 Å². The zero-order valence-corrected chi connectivity index (χ0v) is 12.9. The summed E-state index contributed by atoms with van der Waals surface area (Å²) in [5.74, 6) is 0.807. The van der Waals surface area contributed by atoms with Crippen molar-refractivity contribution in [2.45, 2.75) is 31.7 Å². The third-order valence-corrected chi connectivity index (χ3v) is 5.29.